The van der Waals surface area contributed by atoms with Crippen LogP contribution in [0.25, 0.3) is 11.0 Å². The number of guanidine groups is 1. The molecule has 0 saturated heterocycles. The molecule has 3 aromatic rings. The number of hydrogen-bond acceptors (Lipinski definition) is 7. The van der Waals surface area contributed by atoms with Gasteiger partial charge in [0.1, 0.15) is 11.5 Å². The van der Waals surface area contributed by atoms with E-state index in [1.807, 2.05) is 35.8 Å². The maximum atomic E-state index is 5.94. The second-order valence-electron chi connectivity index (χ2n) is 6.10. The zero-order chi connectivity index (χ0) is 17.0. The number of imidazole rings is 1. The molecule has 2 aromatic heterocycles. The molecule has 0 amide bonds. The number of rotatable bonds is 1. The standard InChI is InChI=1S/C17H17N5O3/c1-9-3-4-12(25-9)15-20-16(18)21-17-19-10-7-13-14(8-11(10)22(15)17)24-6-2-5-23-13/h3-4,7-8,15H,2,5-6H2,1H3,(H3,18,19,20,21)/t15-/m1/s1. The molecule has 2 aliphatic heterocycles. The molecule has 4 heterocycles. The van der Waals surface area contributed by atoms with E-state index in [2.05, 4.69) is 15.3 Å². The average molecular weight is 339 g/mol. The summed E-state index contributed by atoms with van der Waals surface area (Å²) >= 11 is 0. The van der Waals surface area contributed by atoms with Gasteiger partial charge in [0.05, 0.1) is 24.2 Å². The summed E-state index contributed by atoms with van der Waals surface area (Å²) in [5.74, 6) is 3.86. The second kappa shape index (κ2) is 5.17. The molecule has 0 radical (unpaired) electrons. The van der Waals surface area contributed by atoms with Gasteiger partial charge in [0, 0.05) is 18.6 Å². The van der Waals surface area contributed by atoms with Crippen molar-refractivity contribution in [2.75, 3.05) is 18.5 Å². The number of nitrogens with zero attached hydrogens (tertiary/aromatic N) is 3. The number of benzene rings is 1. The van der Waals surface area contributed by atoms with Crippen molar-refractivity contribution in [1.82, 2.24) is 9.55 Å². The lowest BCUT2D eigenvalue weighted by atomic mass is 10.2. The number of furan rings is 1. The van der Waals surface area contributed by atoms with Crippen molar-refractivity contribution < 1.29 is 13.9 Å². The van der Waals surface area contributed by atoms with Crippen LogP contribution in [-0.4, -0.2) is 28.7 Å². The maximum Gasteiger partial charge on any atom is 0.212 e. The number of fused-ring (bicyclic) bond motifs is 4. The van der Waals surface area contributed by atoms with Gasteiger partial charge in [0.25, 0.3) is 0 Å². The predicted molar refractivity (Wildman–Crippen MR) is 92.2 cm³/mol. The molecule has 25 heavy (non-hydrogen) atoms. The number of nitrogens with two attached hydrogens (primary N) is 1. The monoisotopic (exact) mass is 339 g/mol. The van der Waals surface area contributed by atoms with Crippen LogP contribution in [0, 0.1) is 6.92 Å². The summed E-state index contributed by atoms with van der Waals surface area (Å²) in [5.41, 5.74) is 7.60. The first kappa shape index (κ1) is 14.2. The first-order chi connectivity index (χ1) is 12.2. The summed E-state index contributed by atoms with van der Waals surface area (Å²) < 4.78 is 19.3. The Kier molecular flexibility index (Phi) is 2.94. The summed E-state index contributed by atoms with van der Waals surface area (Å²) in [6, 6.07) is 7.64. The van der Waals surface area contributed by atoms with Gasteiger partial charge in [-0.1, -0.05) is 0 Å². The fourth-order valence-electron chi connectivity index (χ4n) is 3.21. The number of anilines is 1. The van der Waals surface area contributed by atoms with E-state index in [1.54, 1.807) is 0 Å². The van der Waals surface area contributed by atoms with Crippen molar-refractivity contribution in [1.29, 1.82) is 0 Å². The van der Waals surface area contributed by atoms with Crippen LogP contribution in [0.1, 0.15) is 24.1 Å². The minimum Gasteiger partial charge on any atom is -0.489 e. The molecule has 1 aromatic carbocycles. The third-order valence-corrected chi connectivity index (χ3v) is 4.32. The van der Waals surface area contributed by atoms with Gasteiger partial charge in [-0.2, -0.15) is 0 Å². The lowest BCUT2D eigenvalue weighted by Gasteiger charge is -2.22. The second-order valence-corrected chi connectivity index (χ2v) is 6.10. The summed E-state index contributed by atoms with van der Waals surface area (Å²) in [5, 5.41) is 3.02. The summed E-state index contributed by atoms with van der Waals surface area (Å²) in [6.45, 7) is 3.16. The highest BCUT2D eigenvalue weighted by Crippen LogP contribution is 2.39. The van der Waals surface area contributed by atoms with Crippen molar-refractivity contribution in [2.45, 2.75) is 19.5 Å². The largest absolute Gasteiger partial charge is 0.489 e. The van der Waals surface area contributed by atoms with Crippen LogP contribution in [0.5, 0.6) is 11.5 Å². The van der Waals surface area contributed by atoms with Gasteiger partial charge in [-0.15, -0.1) is 0 Å². The van der Waals surface area contributed by atoms with Crippen LogP contribution in [0.2, 0.25) is 0 Å². The quantitative estimate of drug-likeness (QED) is 0.706. The Morgan fingerprint density at radius 3 is 2.76 bits per heavy atom. The highest BCUT2D eigenvalue weighted by atomic mass is 16.5. The van der Waals surface area contributed by atoms with Crippen molar-refractivity contribution in [3.05, 3.63) is 35.8 Å². The van der Waals surface area contributed by atoms with E-state index in [-0.39, 0.29) is 0 Å². The van der Waals surface area contributed by atoms with Crippen LogP contribution in [0.15, 0.2) is 33.7 Å². The van der Waals surface area contributed by atoms with Crippen molar-refractivity contribution >= 4 is 22.9 Å². The number of aromatic nitrogens is 2. The number of aryl methyl sites for hydroxylation is 1. The first-order valence-electron chi connectivity index (χ1n) is 8.17. The maximum absolute atomic E-state index is 5.94. The molecular weight excluding hydrogens is 322 g/mol. The van der Waals surface area contributed by atoms with Crippen LogP contribution in [0.4, 0.5) is 5.95 Å². The zero-order valence-electron chi connectivity index (χ0n) is 13.7. The fourth-order valence-corrected chi connectivity index (χ4v) is 3.21. The number of nitrogens with one attached hydrogen (secondary N) is 1. The van der Waals surface area contributed by atoms with Gasteiger partial charge in [0.2, 0.25) is 5.95 Å². The molecule has 0 fully saturated rings. The molecule has 8 nitrogen and oxygen atoms in total. The summed E-state index contributed by atoms with van der Waals surface area (Å²) in [7, 11) is 0. The predicted octanol–water partition coefficient (Wildman–Crippen LogP) is 2.39. The molecule has 8 heteroatoms. The van der Waals surface area contributed by atoms with E-state index in [9.17, 15) is 0 Å². The Balaban J connectivity index is 1.72. The Morgan fingerprint density at radius 1 is 1.20 bits per heavy atom. The van der Waals surface area contributed by atoms with E-state index in [0.717, 1.165) is 23.2 Å². The van der Waals surface area contributed by atoms with Crippen molar-refractivity contribution in [3.63, 3.8) is 0 Å². The van der Waals surface area contributed by atoms with Gasteiger partial charge in [-0.05, 0) is 19.1 Å². The molecule has 0 unspecified atom stereocenters. The van der Waals surface area contributed by atoms with E-state index in [0.29, 0.717) is 42.4 Å². The first-order valence-corrected chi connectivity index (χ1v) is 8.17. The van der Waals surface area contributed by atoms with E-state index in [1.165, 1.54) is 0 Å². The minimum atomic E-state index is -0.417. The highest BCUT2D eigenvalue weighted by Gasteiger charge is 2.28. The fraction of sp³-hybridized carbons (Fsp3) is 0.294. The summed E-state index contributed by atoms with van der Waals surface area (Å²) in [6.07, 6.45) is 0.438. The smallest absolute Gasteiger partial charge is 0.212 e. The molecule has 0 bridgehead atoms. The average Bonchev–Trinajstić information content (AvgIpc) is 3.08. The van der Waals surface area contributed by atoms with Crippen molar-refractivity contribution in [3.8, 4) is 11.5 Å². The lowest BCUT2D eigenvalue weighted by Crippen LogP contribution is -2.31. The Morgan fingerprint density at radius 2 is 2.00 bits per heavy atom. The molecule has 0 saturated carbocycles. The van der Waals surface area contributed by atoms with Gasteiger partial charge >= 0.3 is 0 Å². The Labute approximate surface area is 143 Å². The topological polar surface area (TPSA) is 99.8 Å². The highest BCUT2D eigenvalue weighted by molar-refractivity contribution is 5.95. The van der Waals surface area contributed by atoms with E-state index in [4.69, 9.17) is 19.6 Å². The zero-order valence-corrected chi connectivity index (χ0v) is 13.7. The van der Waals surface area contributed by atoms with Crippen LogP contribution in [-0.2, 0) is 0 Å². The molecular formula is C17H17N5O3. The van der Waals surface area contributed by atoms with Gasteiger partial charge in [-0.3, -0.25) is 9.88 Å². The summed E-state index contributed by atoms with van der Waals surface area (Å²) in [4.78, 5) is 9.14. The Bertz CT molecular complexity index is 1000. The Hall–Kier alpha value is -3.16. The third kappa shape index (κ3) is 2.21. The lowest BCUT2D eigenvalue weighted by molar-refractivity contribution is 0.297. The molecule has 5 rings (SSSR count). The molecule has 2 aliphatic rings. The van der Waals surface area contributed by atoms with Gasteiger partial charge in [-0.25, -0.2) is 9.98 Å². The van der Waals surface area contributed by atoms with Crippen molar-refractivity contribution in [2.24, 2.45) is 10.7 Å². The number of aliphatic imine (C=N–C) groups is 1. The van der Waals surface area contributed by atoms with Crippen LogP contribution >= 0.6 is 0 Å². The van der Waals surface area contributed by atoms with E-state index >= 15 is 0 Å². The van der Waals surface area contributed by atoms with Crippen LogP contribution in [0.3, 0.4) is 0 Å². The van der Waals surface area contributed by atoms with Gasteiger partial charge in [0.15, 0.2) is 23.6 Å². The molecule has 128 valence electrons. The molecule has 1 atom stereocenters. The molecule has 0 aliphatic carbocycles. The third-order valence-electron chi connectivity index (χ3n) is 4.32. The van der Waals surface area contributed by atoms with Crippen LogP contribution < -0.4 is 20.5 Å². The van der Waals surface area contributed by atoms with E-state index < -0.39 is 6.17 Å². The molecule has 3 N–H and O–H groups in total. The minimum absolute atomic E-state index is 0.302. The number of ether oxygens (including phenoxy) is 2. The normalized spacial score (nSPS) is 19.1. The van der Waals surface area contributed by atoms with Gasteiger partial charge < -0.3 is 19.6 Å². The SMILES string of the molecule is Cc1ccc([C@@H]2N=C(N)Nc3nc4cc5c(cc4n32)OCCCO5)o1. The number of hydrogen-bond donors (Lipinski definition) is 2. The molecule has 0 spiro atoms.